The van der Waals surface area contributed by atoms with E-state index < -0.39 is 0 Å². The molecule has 1 saturated heterocycles. The molecule has 0 atom stereocenters. The van der Waals surface area contributed by atoms with E-state index in [2.05, 4.69) is 20.8 Å². The third kappa shape index (κ3) is 3.21. The number of thiophene rings is 1. The number of carbonyl (C=O) groups is 2. The second-order valence-corrected chi connectivity index (χ2v) is 6.84. The molecule has 1 aliphatic heterocycles. The van der Waals surface area contributed by atoms with Gasteiger partial charge in [0.15, 0.2) is 0 Å². The van der Waals surface area contributed by atoms with Gasteiger partial charge in [-0.15, -0.1) is 16.4 Å². The Hall–Kier alpha value is -3.07. The highest BCUT2D eigenvalue weighted by Crippen LogP contribution is 2.22. The first-order valence-corrected chi connectivity index (χ1v) is 9.12. The number of carbonyl (C=O) groups excluding carboxylic acids is 2. The maximum Gasteiger partial charge on any atom is 0.267 e. The Kier molecular flexibility index (Phi) is 4.44. The Balaban J connectivity index is 1.47. The topological polar surface area (TPSA) is 93.0 Å². The Bertz CT molecular complexity index is 913. The van der Waals surface area contributed by atoms with Crippen molar-refractivity contribution in [2.75, 3.05) is 18.4 Å². The minimum absolute atomic E-state index is 0.0413. The summed E-state index contributed by atoms with van der Waals surface area (Å²) >= 11 is 1.31. The van der Waals surface area contributed by atoms with Crippen LogP contribution in [0.1, 0.15) is 32.9 Å². The maximum atomic E-state index is 12.6. The zero-order valence-electron chi connectivity index (χ0n) is 13.8. The molecule has 9 heteroatoms. The fourth-order valence-corrected chi connectivity index (χ4v) is 3.68. The lowest BCUT2D eigenvalue weighted by Crippen LogP contribution is -2.27. The molecule has 26 heavy (non-hydrogen) atoms. The summed E-state index contributed by atoms with van der Waals surface area (Å²) in [6.07, 6.45) is 3.56. The van der Waals surface area contributed by atoms with E-state index in [0.717, 1.165) is 25.9 Å². The van der Waals surface area contributed by atoms with Crippen molar-refractivity contribution in [2.45, 2.75) is 12.8 Å². The van der Waals surface area contributed by atoms with Crippen molar-refractivity contribution < 1.29 is 9.59 Å². The normalized spacial score (nSPS) is 13.8. The predicted octanol–water partition coefficient (Wildman–Crippen LogP) is 2.21. The lowest BCUT2D eigenvalue weighted by atomic mass is 10.2. The lowest BCUT2D eigenvalue weighted by Gasteiger charge is -2.15. The number of likely N-dealkylation sites (tertiary alicyclic amines) is 1. The van der Waals surface area contributed by atoms with Crippen LogP contribution >= 0.6 is 11.3 Å². The van der Waals surface area contributed by atoms with Gasteiger partial charge in [-0.05, 0) is 59.0 Å². The third-order valence-electron chi connectivity index (χ3n) is 4.23. The number of benzene rings is 1. The molecule has 0 bridgehead atoms. The molecule has 0 spiro atoms. The van der Waals surface area contributed by atoms with Gasteiger partial charge >= 0.3 is 0 Å². The van der Waals surface area contributed by atoms with Crippen LogP contribution in [-0.4, -0.2) is 50.0 Å². The first kappa shape index (κ1) is 16.4. The number of amides is 2. The Morgan fingerprint density at radius 1 is 1.08 bits per heavy atom. The molecular weight excluding hydrogens is 352 g/mol. The predicted molar refractivity (Wildman–Crippen MR) is 96.6 cm³/mol. The van der Waals surface area contributed by atoms with Gasteiger partial charge in [0.2, 0.25) is 0 Å². The molecule has 1 fully saturated rings. The lowest BCUT2D eigenvalue weighted by molar-refractivity contribution is 0.0792. The summed E-state index contributed by atoms with van der Waals surface area (Å²) in [4.78, 5) is 27.3. The van der Waals surface area contributed by atoms with Crippen molar-refractivity contribution in [3.05, 3.63) is 52.5 Å². The van der Waals surface area contributed by atoms with E-state index >= 15 is 0 Å². The Morgan fingerprint density at radius 3 is 2.54 bits per heavy atom. The van der Waals surface area contributed by atoms with Crippen molar-refractivity contribution >= 4 is 28.8 Å². The standard InChI is InChI=1S/C17H16N6O2S/c24-16(15-14(7-10-26-15)23-11-18-20-21-23)19-13-5-3-12(4-6-13)17(25)22-8-1-2-9-22/h3-7,10-11H,1-2,8-9H2,(H,19,24). The molecule has 132 valence electrons. The number of nitrogens with one attached hydrogen (secondary N) is 1. The molecule has 2 aromatic heterocycles. The van der Waals surface area contributed by atoms with Crippen molar-refractivity contribution in [1.82, 2.24) is 25.1 Å². The summed E-state index contributed by atoms with van der Waals surface area (Å²) in [6, 6.07) is 8.75. The molecule has 0 radical (unpaired) electrons. The van der Waals surface area contributed by atoms with Gasteiger partial charge in [0.1, 0.15) is 11.2 Å². The summed E-state index contributed by atoms with van der Waals surface area (Å²) in [5.74, 6) is -0.205. The molecule has 0 unspecified atom stereocenters. The summed E-state index contributed by atoms with van der Waals surface area (Å²) < 4.78 is 1.45. The molecule has 1 aliphatic rings. The van der Waals surface area contributed by atoms with Gasteiger partial charge in [-0.2, -0.15) is 4.68 Å². The third-order valence-corrected chi connectivity index (χ3v) is 5.13. The summed E-state index contributed by atoms with van der Waals surface area (Å²) in [5, 5.41) is 15.7. The van der Waals surface area contributed by atoms with E-state index in [9.17, 15) is 9.59 Å². The van der Waals surface area contributed by atoms with E-state index in [1.807, 2.05) is 10.3 Å². The van der Waals surface area contributed by atoms with Crippen LogP contribution in [0, 0.1) is 0 Å². The number of hydrogen-bond donors (Lipinski definition) is 1. The SMILES string of the molecule is O=C(Nc1ccc(C(=O)N2CCCC2)cc1)c1sccc1-n1cnnn1. The van der Waals surface area contributed by atoms with Crippen molar-refractivity contribution in [3.8, 4) is 5.69 Å². The average Bonchev–Trinajstić information content (AvgIpc) is 3.43. The fraction of sp³-hybridized carbons (Fsp3) is 0.235. The summed E-state index contributed by atoms with van der Waals surface area (Å²) in [6.45, 7) is 1.63. The van der Waals surface area contributed by atoms with Gasteiger partial charge in [0.25, 0.3) is 11.8 Å². The van der Waals surface area contributed by atoms with Crippen LogP contribution in [0.25, 0.3) is 5.69 Å². The highest BCUT2D eigenvalue weighted by molar-refractivity contribution is 7.12. The highest BCUT2D eigenvalue weighted by atomic mass is 32.1. The maximum absolute atomic E-state index is 12.6. The van der Waals surface area contributed by atoms with Gasteiger partial charge < -0.3 is 10.2 Å². The van der Waals surface area contributed by atoms with E-state index in [1.165, 1.54) is 22.3 Å². The van der Waals surface area contributed by atoms with E-state index in [0.29, 0.717) is 21.8 Å². The van der Waals surface area contributed by atoms with Gasteiger partial charge in [0.05, 0.1) is 5.69 Å². The van der Waals surface area contributed by atoms with Gasteiger partial charge in [0, 0.05) is 24.3 Å². The number of rotatable bonds is 4. The van der Waals surface area contributed by atoms with Crippen LogP contribution in [0.2, 0.25) is 0 Å². The van der Waals surface area contributed by atoms with Crippen LogP contribution in [0.15, 0.2) is 42.0 Å². The zero-order chi connectivity index (χ0) is 17.9. The van der Waals surface area contributed by atoms with Crippen LogP contribution < -0.4 is 5.32 Å². The smallest absolute Gasteiger partial charge is 0.267 e. The molecule has 0 aliphatic carbocycles. The molecule has 0 saturated carbocycles. The van der Waals surface area contributed by atoms with E-state index in [1.54, 1.807) is 30.3 Å². The zero-order valence-corrected chi connectivity index (χ0v) is 14.6. The number of nitrogens with zero attached hydrogens (tertiary/aromatic N) is 5. The molecule has 8 nitrogen and oxygen atoms in total. The number of hydrogen-bond acceptors (Lipinski definition) is 6. The highest BCUT2D eigenvalue weighted by Gasteiger charge is 2.20. The molecule has 4 rings (SSSR count). The quantitative estimate of drug-likeness (QED) is 0.762. The Morgan fingerprint density at radius 2 is 1.85 bits per heavy atom. The monoisotopic (exact) mass is 368 g/mol. The van der Waals surface area contributed by atoms with Crippen molar-refractivity contribution in [2.24, 2.45) is 0 Å². The largest absolute Gasteiger partial charge is 0.339 e. The molecular formula is C17H16N6O2S. The molecule has 2 amide bonds. The van der Waals surface area contributed by atoms with Crippen molar-refractivity contribution in [1.29, 1.82) is 0 Å². The summed E-state index contributed by atoms with van der Waals surface area (Å²) in [5.41, 5.74) is 1.89. The van der Waals surface area contributed by atoms with Crippen LogP contribution in [0.4, 0.5) is 5.69 Å². The van der Waals surface area contributed by atoms with Gasteiger partial charge in [-0.3, -0.25) is 9.59 Å². The van der Waals surface area contributed by atoms with Crippen molar-refractivity contribution in [3.63, 3.8) is 0 Å². The minimum Gasteiger partial charge on any atom is -0.339 e. The summed E-state index contributed by atoms with van der Waals surface area (Å²) in [7, 11) is 0. The second kappa shape index (κ2) is 7.04. The van der Waals surface area contributed by atoms with Crippen LogP contribution in [0.3, 0.4) is 0 Å². The molecule has 1 aromatic carbocycles. The molecule has 3 aromatic rings. The number of aromatic nitrogens is 4. The minimum atomic E-state index is -0.246. The first-order valence-electron chi connectivity index (χ1n) is 8.24. The van der Waals surface area contributed by atoms with E-state index in [-0.39, 0.29) is 11.8 Å². The fourth-order valence-electron chi connectivity index (χ4n) is 2.91. The van der Waals surface area contributed by atoms with Crippen LogP contribution in [-0.2, 0) is 0 Å². The van der Waals surface area contributed by atoms with Crippen LogP contribution in [0.5, 0.6) is 0 Å². The molecule has 3 heterocycles. The second-order valence-electron chi connectivity index (χ2n) is 5.92. The van der Waals surface area contributed by atoms with Gasteiger partial charge in [-0.1, -0.05) is 0 Å². The first-order chi connectivity index (χ1) is 12.7. The van der Waals surface area contributed by atoms with E-state index in [4.69, 9.17) is 0 Å². The average molecular weight is 368 g/mol. The van der Waals surface area contributed by atoms with Gasteiger partial charge in [-0.25, -0.2) is 0 Å². The molecule has 1 N–H and O–H groups in total. The number of tetrazole rings is 1. The Labute approximate surface area is 153 Å². The number of anilines is 1.